The maximum Gasteiger partial charge on any atom is 0.254 e. The summed E-state index contributed by atoms with van der Waals surface area (Å²) >= 11 is 0. The SMILES string of the molecule is CCOC(C)C(=O)N1CCN(C(=O)c2ccc(F)c(F)c2)CC1. The van der Waals surface area contributed by atoms with Crippen molar-refractivity contribution in [1.82, 2.24) is 9.80 Å². The molecule has 5 nitrogen and oxygen atoms in total. The van der Waals surface area contributed by atoms with Crippen molar-refractivity contribution in [1.29, 1.82) is 0 Å². The minimum atomic E-state index is -1.05. The van der Waals surface area contributed by atoms with Crippen molar-refractivity contribution in [3.8, 4) is 0 Å². The molecular formula is C16H20F2N2O3. The number of amides is 2. The second-order valence-corrected chi connectivity index (χ2v) is 5.34. The molecule has 1 atom stereocenters. The normalized spacial score (nSPS) is 16.3. The third kappa shape index (κ3) is 4.04. The molecule has 2 amide bonds. The summed E-state index contributed by atoms with van der Waals surface area (Å²) < 4.78 is 31.4. The summed E-state index contributed by atoms with van der Waals surface area (Å²) in [6, 6.07) is 3.09. The molecule has 0 aromatic heterocycles. The maximum atomic E-state index is 13.2. The lowest BCUT2D eigenvalue weighted by Crippen LogP contribution is -2.52. The Labute approximate surface area is 133 Å². The molecule has 0 N–H and O–H groups in total. The van der Waals surface area contributed by atoms with Crippen LogP contribution >= 0.6 is 0 Å². The van der Waals surface area contributed by atoms with Crippen molar-refractivity contribution in [2.75, 3.05) is 32.8 Å². The quantitative estimate of drug-likeness (QED) is 0.846. The third-order valence-corrected chi connectivity index (χ3v) is 3.81. The molecule has 1 unspecified atom stereocenters. The molecule has 0 saturated carbocycles. The number of benzene rings is 1. The Balaban J connectivity index is 1.94. The summed E-state index contributed by atoms with van der Waals surface area (Å²) in [6.07, 6.45) is -0.506. The fourth-order valence-electron chi connectivity index (χ4n) is 2.52. The van der Waals surface area contributed by atoms with Gasteiger partial charge in [-0.05, 0) is 32.0 Å². The molecule has 1 aliphatic rings. The molecule has 7 heteroatoms. The molecular weight excluding hydrogens is 306 g/mol. The van der Waals surface area contributed by atoms with Gasteiger partial charge in [-0.3, -0.25) is 9.59 Å². The number of carbonyl (C=O) groups is 2. The van der Waals surface area contributed by atoms with E-state index in [0.29, 0.717) is 32.8 Å². The molecule has 0 aliphatic carbocycles. The first-order chi connectivity index (χ1) is 10.9. The van der Waals surface area contributed by atoms with E-state index in [1.165, 1.54) is 11.0 Å². The van der Waals surface area contributed by atoms with E-state index in [1.54, 1.807) is 11.8 Å². The van der Waals surface area contributed by atoms with Crippen molar-refractivity contribution in [2.45, 2.75) is 20.0 Å². The Morgan fingerprint density at radius 1 is 1.13 bits per heavy atom. The highest BCUT2D eigenvalue weighted by molar-refractivity contribution is 5.94. The summed E-state index contributed by atoms with van der Waals surface area (Å²) in [5.74, 6) is -2.50. The molecule has 1 aromatic carbocycles. The highest BCUT2D eigenvalue weighted by Gasteiger charge is 2.27. The average molecular weight is 326 g/mol. The van der Waals surface area contributed by atoms with Gasteiger partial charge in [-0.25, -0.2) is 8.78 Å². The van der Waals surface area contributed by atoms with Gasteiger partial charge in [0.2, 0.25) is 0 Å². The van der Waals surface area contributed by atoms with E-state index in [0.717, 1.165) is 12.1 Å². The molecule has 0 spiro atoms. The molecule has 1 aliphatic heterocycles. The summed E-state index contributed by atoms with van der Waals surface area (Å²) in [4.78, 5) is 27.6. The second-order valence-electron chi connectivity index (χ2n) is 5.34. The van der Waals surface area contributed by atoms with Gasteiger partial charge in [0, 0.05) is 38.3 Å². The zero-order valence-electron chi connectivity index (χ0n) is 13.2. The Hall–Kier alpha value is -2.02. The highest BCUT2D eigenvalue weighted by atomic mass is 19.2. The van der Waals surface area contributed by atoms with Gasteiger partial charge in [-0.2, -0.15) is 0 Å². The average Bonchev–Trinajstić information content (AvgIpc) is 2.56. The summed E-state index contributed by atoms with van der Waals surface area (Å²) in [5.41, 5.74) is 0.103. The highest BCUT2D eigenvalue weighted by Crippen LogP contribution is 2.13. The lowest BCUT2D eigenvalue weighted by Gasteiger charge is -2.35. The monoisotopic (exact) mass is 326 g/mol. The lowest BCUT2D eigenvalue weighted by molar-refractivity contribution is -0.143. The smallest absolute Gasteiger partial charge is 0.254 e. The number of halogens is 2. The van der Waals surface area contributed by atoms with Crippen molar-refractivity contribution >= 4 is 11.8 Å². The van der Waals surface area contributed by atoms with Crippen LogP contribution in [0.3, 0.4) is 0 Å². The van der Waals surface area contributed by atoms with Gasteiger partial charge in [0.1, 0.15) is 6.10 Å². The first-order valence-electron chi connectivity index (χ1n) is 7.58. The van der Waals surface area contributed by atoms with Crippen LogP contribution in [-0.2, 0) is 9.53 Å². The predicted octanol–water partition coefficient (Wildman–Crippen LogP) is 1.67. The molecule has 126 valence electrons. The van der Waals surface area contributed by atoms with E-state index in [1.807, 2.05) is 6.92 Å². The van der Waals surface area contributed by atoms with Crippen LogP contribution in [0.25, 0.3) is 0 Å². The first-order valence-corrected chi connectivity index (χ1v) is 7.58. The van der Waals surface area contributed by atoms with Crippen LogP contribution < -0.4 is 0 Å². The van der Waals surface area contributed by atoms with Gasteiger partial charge >= 0.3 is 0 Å². The minimum absolute atomic E-state index is 0.103. The fourth-order valence-corrected chi connectivity index (χ4v) is 2.52. The van der Waals surface area contributed by atoms with Crippen LogP contribution in [0.1, 0.15) is 24.2 Å². The van der Waals surface area contributed by atoms with Crippen molar-refractivity contribution in [3.63, 3.8) is 0 Å². The van der Waals surface area contributed by atoms with Gasteiger partial charge in [0.05, 0.1) is 0 Å². The van der Waals surface area contributed by atoms with Gasteiger partial charge in [0.25, 0.3) is 11.8 Å². The third-order valence-electron chi connectivity index (χ3n) is 3.81. The van der Waals surface area contributed by atoms with E-state index in [9.17, 15) is 18.4 Å². The first kappa shape index (κ1) is 17.3. The zero-order valence-corrected chi connectivity index (χ0v) is 13.2. The van der Waals surface area contributed by atoms with Crippen LogP contribution in [0.2, 0.25) is 0 Å². The van der Waals surface area contributed by atoms with E-state index in [2.05, 4.69) is 0 Å². The van der Waals surface area contributed by atoms with Gasteiger partial charge in [-0.15, -0.1) is 0 Å². The number of hydrogen-bond acceptors (Lipinski definition) is 3. The number of piperazine rings is 1. The Bertz CT molecular complexity index is 587. The largest absolute Gasteiger partial charge is 0.369 e. The van der Waals surface area contributed by atoms with E-state index in [4.69, 9.17) is 4.74 Å². The molecule has 23 heavy (non-hydrogen) atoms. The van der Waals surface area contributed by atoms with Gasteiger partial charge in [0.15, 0.2) is 11.6 Å². The fraction of sp³-hybridized carbons (Fsp3) is 0.500. The lowest BCUT2D eigenvalue weighted by atomic mass is 10.1. The molecule has 1 saturated heterocycles. The predicted molar refractivity (Wildman–Crippen MR) is 79.9 cm³/mol. The van der Waals surface area contributed by atoms with Gasteiger partial charge < -0.3 is 14.5 Å². The van der Waals surface area contributed by atoms with E-state index >= 15 is 0 Å². The Kier molecular flexibility index (Phi) is 5.65. The summed E-state index contributed by atoms with van der Waals surface area (Å²) in [5, 5.41) is 0. The van der Waals surface area contributed by atoms with Crippen molar-refractivity contribution in [2.24, 2.45) is 0 Å². The van der Waals surface area contributed by atoms with Crippen molar-refractivity contribution in [3.05, 3.63) is 35.4 Å². The second kappa shape index (κ2) is 7.50. The van der Waals surface area contributed by atoms with Gasteiger partial charge in [-0.1, -0.05) is 0 Å². The number of carbonyl (C=O) groups excluding carboxylic acids is 2. The Morgan fingerprint density at radius 2 is 1.74 bits per heavy atom. The number of nitrogens with zero attached hydrogens (tertiary/aromatic N) is 2. The number of rotatable bonds is 4. The number of hydrogen-bond donors (Lipinski definition) is 0. The van der Waals surface area contributed by atoms with Crippen LogP contribution in [0.4, 0.5) is 8.78 Å². The molecule has 2 rings (SSSR count). The number of ether oxygens (including phenoxy) is 1. The summed E-state index contributed by atoms with van der Waals surface area (Å²) in [7, 11) is 0. The maximum absolute atomic E-state index is 13.2. The van der Waals surface area contributed by atoms with Crippen LogP contribution in [0, 0.1) is 11.6 Å². The van der Waals surface area contributed by atoms with Crippen molar-refractivity contribution < 1.29 is 23.1 Å². The molecule has 0 radical (unpaired) electrons. The molecule has 1 heterocycles. The summed E-state index contributed by atoms with van der Waals surface area (Å²) in [6.45, 7) is 5.47. The Morgan fingerprint density at radius 3 is 2.30 bits per heavy atom. The molecule has 0 bridgehead atoms. The molecule has 1 fully saturated rings. The minimum Gasteiger partial charge on any atom is -0.369 e. The standard InChI is InChI=1S/C16H20F2N2O3/c1-3-23-11(2)15(21)19-6-8-20(9-7-19)16(22)12-4-5-13(17)14(18)10-12/h4-5,10-11H,3,6-9H2,1-2H3. The van der Waals surface area contributed by atoms with Crippen LogP contribution in [-0.4, -0.2) is 60.5 Å². The topological polar surface area (TPSA) is 49.9 Å². The van der Waals surface area contributed by atoms with E-state index < -0.39 is 17.7 Å². The van der Waals surface area contributed by atoms with Crippen LogP contribution in [0.5, 0.6) is 0 Å². The van der Waals surface area contributed by atoms with E-state index in [-0.39, 0.29) is 17.4 Å². The van der Waals surface area contributed by atoms with Crippen LogP contribution in [0.15, 0.2) is 18.2 Å². The zero-order chi connectivity index (χ0) is 17.0. The molecule has 1 aromatic rings.